The Kier molecular flexibility index (Phi) is 2.26. The van der Waals surface area contributed by atoms with E-state index >= 15 is 0 Å². The van der Waals surface area contributed by atoms with E-state index in [4.69, 9.17) is 5.73 Å². The van der Waals surface area contributed by atoms with Gasteiger partial charge in [-0.2, -0.15) is 0 Å². The molecule has 12 heavy (non-hydrogen) atoms. The maximum atomic E-state index is 5.48. The van der Waals surface area contributed by atoms with Crippen LogP contribution in [0.15, 0.2) is 0 Å². The van der Waals surface area contributed by atoms with Crippen LogP contribution in [0.4, 0.5) is 5.13 Å². The minimum Gasteiger partial charge on any atom is -0.374 e. The van der Waals surface area contributed by atoms with E-state index in [1.54, 1.807) is 0 Å². The van der Waals surface area contributed by atoms with Crippen molar-refractivity contribution in [3.63, 3.8) is 0 Å². The number of rotatable bonds is 3. The fraction of sp³-hybridized carbons (Fsp3) is 0.750. The predicted octanol–water partition coefficient (Wildman–Crippen LogP) is 1.85. The van der Waals surface area contributed by atoms with Gasteiger partial charge in [-0.05, 0) is 12.3 Å². The molecule has 1 aliphatic rings. The SMILES string of the molecule is Nc1nnc(CCC2CCC2)s1. The molecule has 0 saturated heterocycles. The molecule has 0 spiro atoms. The van der Waals surface area contributed by atoms with Crippen LogP contribution in [0.1, 0.15) is 30.7 Å². The number of hydrogen-bond donors (Lipinski definition) is 1. The number of nitrogen functional groups attached to an aromatic ring is 1. The Morgan fingerprint density at radius 3 is 2.75 bits per heavy atom. The molecular formula is C8H13N3S. The van der Waals surface area contributed by atoms with Crippen molar-refractivity contribution in [3.8, 4) is 0 Å². The number of nitrogens with zero attached hydrogens (tertiary/aromatic N) is 2. The lowest BCUT2D eigenvalue weighted by molar-refractivity contribution is 0.296. The molecule has 1 heterocycles. The normalized spacial score (nSPS) is 17.7. The highest BCUT2D eigenvalue weighted by Gasteiger charge is 2.17. The summed E-state index contributed by atoms with van der Waals surface area (Å²) in [6.45, 7) is 0. The predicted molar refractivity (Wildman–Crippen MR) is 50.0 cm³/mol. The minimum absolute atomic E-state index is 0.596. The van der Waals surface area contributed by atoms with Crippen LogP contribution in [0.2, 0.25) is 0 Å². The summed E-state index contributed by atoms with van der Waals surface area (Å²) >= 11 is 1.52. The Hall–Kier alpha value is -0.640. The highest BCUT2D eigenvalue weighted by molar-refractivity contribution is 7.15. The van der Waals surface area contributed by atoms with Crippen LogP contribution in [0, 0.1) is 5.92 Å². The van der Waals surface area contributed by atoms with Crippen LogP contribution in [0.3, 0.4) is 0 Å². The molecule has 2 N–H and O–H groups in total. The largest absolute Gasteiger partial charge is 0.374 e. The van der Waals surface area contributed by atoms with E-state index in [0.717, 1.165) is 17.3 Å². The van der Waals surface area contributed by atoms with Gasteiger partial charge in [0, 0.05) is 6.42 Å². The second-order valence-corrected chi connectivity index (χ2v) is 4.46. The lowest BCUT2D eigenvalue weighted by Gasteiger charge is -2.24. The number of hydrogen-bond acceptors (Lipinski definition) is 4. The highest BCUT2D eigenvalue weighted by atomic mass is 32.1. The zero-order chi connectivity index (χ0) is 8.39. The van der Waals surface area contributed by atoms with Crippen molar-refractivity contribution in [2.75, 3.05) is 5.73 Å². The summed E-state index contributed by atoms with van der Waals surface area (Å²) in [5, 5.41) is 9.47. The minimum atomic E-state index is 0.596. The van der Waals surface area contributed by atoms with Crippen LogP contribution in [-0.4, -0.2) is 10.2 Å². The lowest BCUT2D eigenvalue weighted by Crippen LogP contribution is -2.11. The molecule has 0 aliphatic heterocycles. The molecule has 1 fully saturated rings. The fourth-order valence-corrected chi connectivity index (χ4v) is 2.10. The van der Waals surface area contributed by atoms with Gasteiger partial charge in [0.25, 0.3) is 0 Å². The molecule has 0 radical (unpaired) electrons. The molecule has 0 amide bonds. The Bertz CT molecular complexity index is 255. The summed E-state index contributed by atoms with van der Waals surface area (Å²) in [6.07, 6.45) is 6.58. The van der Waals surface area contributed by atoms with E-state index < -0.39 is 0 Å². The van der Waals surface area contributed by atoms with E-state index in [1.807, 2.05) is 0 Å². The third kappa shape index (κ3) is 1.75. The Balaban J connectivity index is 1.79. The number of aryl methyl sites for hydroxylation is 1. The van der Waals surface area contributed by atoms with Crippen molar-refractivity contribution in [2.24, 2.45) is 5.92 Å². The molecular weight excluding hydrogens is 170 g/mol. The number of anilines is 1. The first-order valence-electron chi connectivity index (χ1n) is 4.42. The first-order valence-corrected chi connectivity index (χ1v) is 5.24. The summed E-state index contributed by atoms with van der Waals surface area (Å²) in [7, 11) is 0. The van der Waals surface area contributed by atoms with Gasteiger partial charge in [-0.15, -0.1) is 10.2 Å². The molecule has 0 atom stereocenters. The molecule has 1 aromatic heterocycles. The van der Waals surface area contributed by atoms with Crippen LogP contribution in [0.5, 0.6) is 0 Å². The van der Waals surface area contributed by atoms with Crippen molar-refractivity contribution in [3.05, 3.63) is 5.01 Å². The fourth-order valence-electron chi connectivity index (χ4n) is 1.48. The molecule has 66 valence electrons. The van der Waals surface area contributed by atoms with Gasteiger partial charge in [-0.1, -0.05) is 30.6 Å². The Labute approximate surface area is 76.0 Å². The maximum Gasteiger partial charge on any atom is 0.203 e. The van der Waals surface area contributed by atoms with Gasteiger partial charge in [0.15, 0.2) is 0 Å². The van der Waals surface area contributed by atoms with Crippen LogP contribution in [-0.2, 0) is 6.42 Å². The van der Waals surface area contributed by atoms with Crippen LogP contribution >= 0.6 is 11.3 Å². The molecule has 1 aromatic rings. The highest BCUT2D eigenvalue weighted by Crippen LogP contribution is 2.30. The average Bonchev–Trinajstić information content (AvgIpc) is 2.32. The quantitative estimate of drug-likeness (QED) is 0.778. The molecule has 1 saturated carbocycles. The van der Waals surface area contributed by atoms with Crippen molar-refractivity contribution >= 4 is 16.5 Å². The third-order valence-electron chi connectivity index (χ3n) is 2.47. The molecule has 3 nitrogen and oxygen atoms in total. The maximum absolute atomic E-state index is 5.48. The number of aromatic nitrogens is 2. The standard InChI is InChI=1S/C8H13N3S/c9-8-11-10-7(12-8)5-4-6-2-1-3-6/h6H,1-5H2,(H2,9,11). The molecule has 1 aliphatic carbocycles. The van der Waals surface area contributed by atoms with Gasteiger partial charge >= 0.3 is 0 Å². The van der Waals surface area contributed by atoms with Crippen molar-refractivity contribution in [1.82, 2.24) is 10.2 Å². The Morgan fingerprint density at radius 2 is 2.25 bits per heavy atom. The van der Waals surface area contributed by atoms with Gasteiger partial charge in [-0.25, -0.2) is 0 Å². The molecule has 0 bridgehead atoms. The van der Waals surface area contributed by atoms with Gasteiger partial charge in [0.05, 0.1) is 0 Å². The van der Waals surface area contributed by atoms with Crippen LogP contribution in [0.25, 0.3) is 0 Å². The molecule has 0 aromatic carbocycles. The average molecular weight is 183 g/mol. The lowest BCUT2D eigenvalue weighted by atomic mass is 9.82. The van der Waals surface area contributed by atoms with Gasteiger partial charge in [-0.3, -0.25) is 0 Å². The van der Waals surface area contributed by atoms with E-state index in [2.05, 4.69) is 10.2 Å². The molecule has 2 rings (SSSR count). The second kappa shape index (κ2) is 3.39. The van der Waals surface area contributed by atoms with E-state index in [-0.39, 0.29) is 0 Å². The van der Waals surface area contributed by atoms with Crippen LogP contribution < -0.4 is 5.73 Å². The third-order valence-corrected chi connectivity index (χ3v) is 3.29. The monoisotopic (exact) mass is 183 g/mol. The molecule has 4 heteroatoms. The van der Waals surface area contributed by atoms with Gasteiger partial charge in [0.2, 0.25) is 5.13 Å². The molecule has 0 unspecified atom stereocenters. The Morgan fingerprint density at radius 1 is 1.42 bits per heavy atom. The summed E-state index contributed by atoms with van der Waals surface area (Å²) < 4.78 is 0. The first kappa shape index (κ1) is 7.98. The zero-order valence-electron chi connectivity index (χ0n) is 6.99. The summed E-state index contributed by atoms with van der Waals surface area (Å²) in [6, 6.07) is 0. The summed E-state index contributed by atoms with van der Waals surface area (Å²) in [4.78, 5) is 0. The van der Waals surface area contributed by atoms with Gasteiger partial charge < -0.3 is 5.73 Å². The van der Waals surface area contributed by atoms with E-state index in [0.29, 0.717) is 5.13 Å². The van der Waals surface area contributed by atoms with E-state index in [9.17, 15) is 0 Å². The van der Waals surface area contributed by atoms with Crippen molar-refractivity contribution < 1.29 is 0 Å². The van der Waals surface area contributed by atoms with E-state index in [1.165, 1.54) is 37.0 Å². The second-order valence-electron chi connectivity index (χ2n) is 3.37. The summed E-state index contributed by atoms with van der Waals surface area (Å²) in [5.74, 6) is 0.954. The zero-order valence-corrected chi connectivity index (χ0v) is 7.81. The summed E-state index contributed by atoms with van der Waals surface area (Å²) in [5.41, 5.74) is 5.48. The van der Waals surface area contributed by atoms with Crippen molar-refractivity contribution in [1.29, 1.82) is 0 Å². The number of nitrogens with two attached hydrogens (primary N) is 1. The topological polar surface area (TPSA) is 51.8 Å². The van der Waals surface area contributed by atoms with Gasteiger partial charge in [0.1, 0.15) is 5.01 Å². The first-order chi connectivity index (χ1) is 5.84. The van der Waals surface area contributed by atoms with Crippen molar-refractivity contribution in [2.45, 2.75) is 32.1 Å². The smallest absolute Gasteiger partial charge is 0.203 e.